The fourth-order valence-electron chi connectivity index (χ4n) is 7.79. The molecule has 0 aliphatic carbocycles. The molecule has 0 unspecified atom stereocenters. The number of benzene rings is 7. The van der Waals surface area contributed by atoms with Crippen LogP contribution in [0.5, 0.6) is 0 Å². The molecule has 7 aromatic rings. The zero-order chi connectivity index (χ0) is 30.9. The SMILES string of the molecule is CC(C)c1cccc(C(C)C)c1-c1cc2cccc3c4cc(-c5c(C(C)C)cccc5C(C)C)cc5cccc(c(c1)c23)c54. The van der Waals surface area contributed by atoms with Gasteiger partial charge in [-0.25, -0.2) is 0 Å². The topological polar surface area (TPSA) is 0 Å². The lowest BCUT2D eigenvalue weighted by atomic mass is 9.81. The van der Waals surface area contributed by atoms with Crippen molar-refractivity contribution in [1.29, 1.82) is 0 Å². The molecule has 0 aliphatic heterocycles. The number of fused-ring (bicyclic) bond motifs is 2. The first-order chi connectivity index (χ1) is 21.2. The smallest absolute Gasteiger partial charge is 0.00259 e. The number of rotatable bonds is 6. The molecule has 7 rings (SSSR count). The molecule has 0 amide bonds. The van der Waals surface area contributed by atoms with Crippen LogP contribution in [0.2, 0.25) is 0 Å². The predicted octanol–water partition coefficient (Wildman–Crippen LogP) is 13.6. The van der Waals surface area contributed by atoms with Crippen LogP contribution >= 0.6 is 0 Å². The predicted molar refractivity (Wildman–Crippen MR) is 195 cm³/mol. The maximum Gasteiger partial charge on any atom is -0.00259 e. The maximum absolute atomic E-state index is 2.50. The molecular formula is C44H44. The molecule has 44 heavy (non-hydrogen) atoms. The zero-order valence-electron chi connectivity index (χ0n) is 27.5. The second-order valence-electron chi connectivity index (χ2n) is 14.1. The Bertz CT molecular complexity index is 1960. The van der Waals surface area contributed by atoms with Gasteiger partial charge in [0, 0.05) is 0 Å². The van der Waals surface area contributed by atoms with Crippen molar-refractivity contribution in [3.63, 3.8) is 0 Å². The summed E-state index contributed by atoms with van der Waals surface area (Å²) in [6, 6.07) is 37.6. The summed E-state index contributed by atoms with van der Waals surface area (Å²) in [4.78, 5) is 0. The lowest BCUT2D eigenvalue weighted by Gasteiger charge is -2.23. The summed E-state index contributed by atoms with van der Waals surface area (Å²) >= 11 is 0. The van der Waals surface area contributed by atoms with Gasteiger partial charge >= 0.3 is 0 Å². The lowest BCUT2D eigenvalue weighted by Crippen LogP contribution is -2.00. The molecule has 0 radical (unpaired) electrons. The molecule has 0 saturated heterocycles. The van der Waals surface area contributed by atoms with Gasteiger partial charge in [-0.15, -0.1) is 0 Å². The van der Waals surface area contributed by atoms with E-state index in [9.17, 15) is 0 Å². The van der Waals surface area contributed by atoms with Gasteiger partial charge in [-0.3, -0.25) is 0 Å². The lowest BCUT2D eigenvalue weighted by molar-refractivity contribution is 0.838. The van der Waals surface area contributed by atoms with Crippen molar-refractivity contribution in [2.75, 3.05) is 0 Å². The third-order valence-corrected chi connectivity index (χ3v) is 9.86. The average Bonchev–Trinajstić information content (AvgIpc) is 3.01. The number of hydrogen-bond donors (Lipinski definition) is 0. The standard InChI is InChI=1S/C44H44/c1-25(2)33-15-11-16-34(26(3)4)43(33)31-21-29-13-9-20-38-40-24-32(44-35(27(5)6)17-12-18-36(44)28(7)8)22-30-14-10-19-37(42(30)40)39(23-31)41(29)38/h9-28H,1-8H3. The molecule has 0 fully saturated rings. The van der Waals surface area contributed by atoms with Crippen molar-refractivity contribution < 1.29 is 0 Å². The highest BCUT2D eigenvalue weighted by molar-refractivity contribution is 6.34. The molecule has 220 valence electrons. The minimum atomic E-state index is 0.453. The minimum Gasteiger partial charge on any atom is -0.0617 e. The maximum atomic E-state index is 2.50. The van der Waals surface area contributed by atoms with E-state index in [1.54, 1.807) is 0 Å². The fourth-order valence-corrected chi connectivity index (χ4v) is 7.79. The van der Waals surface area contributed by atoms with E-state index in [0.29, 0.717) is 23.7 Å². The quantitative estimate of drug-likeness (QED) is 0.137. The summed E-state index contributed by atoms with van der Waals surface area (Å²) in [5.41, 5.74) is 11.2. The summed E-state index contributed by atoms with van der Waals surface area (Å²) in [6.07, 6.45) is 0. The van der Waals surface area contributed by atoms with E-state index in [-0.39, 0.29) is 0 Å². The van der Waals surface area contributed by atoms with Gasteiger partial charge in [0.15, 0.2) is 0 Å². The van der Waals surface area contributed by atoms with E-state index in [1.165, 1.54) is 87.6 Å². The summed E-state index contributed by atoms with van der Waals surface area (Å²) in [5.74, 6) is 1.81. The van der Waals surface area contributed by atoms with E-state index in [0.717, 1.165) is 0 Å². The van der Waals surface area contributed by atoms with Crippen molar-refractivity contribution >= 4 is 43.1 Å². The van der Waals surface area contributed by atoms with Crippen LogP contribution in [0.3, 0.4) is 0 Å². The normalized spacial score (nSPS) is 12.5. The Labute approximate surface area is 263 Å². The van der Waals surface area contributed by atoms with Gasteiger partial charge in [-0.1, -0.05) is 128 Å². The zero-order valence-corrected chi connectivity index (χ0v) is 27.5. The Balaban J connectivity index is 1.61. The average molecular weight is 573 g/mol. The summed E-state index contributed by atoms with van der Waals surface area (Å²) in [6.45, 7) is 18.6. The highest BCUT2D eigenvalue weighted by Crippen LogP contribution is 2.46. The summed E-state index contributed by atoms with van der Waals surface area (Å²) in [7, 11) is 0. The first-order valence-corrected chi connectivity index (χ1v) is 16.6. The molecule has 0 saturated carbocycles. The summed E-state index contributed by atoms with van der Waals surface area (Å²) < 4.78 is 0. The van der Waals surface area contributed by atoms with E-state index < -0.39 is 0 Å². The van der Waals surface area contributed by atoms with Gasteiger partial charge in [0.2, 0.25) is 0 Å². The van der Waals surface area contributed by atoms with Gasteiger partial charge in [0.05, 0.1) is 0 Å². The molecule has 0 heterocycles. The van der Waals surface area contributed by atoms with Crippen molar-refractivity contribution in [3.8, 4) is 22.3 Å². The van der Waals surface area contributed by atoms with Gasteiger partial charge < -0.3 is 0 Å². The van der Waals surface area contributed by atoms with Gasteiger partial charge in [-0.05, 0) is 136 Å². The Hall–Kier alpha value is -4.16. The third kappa shape index (κ3) is 4.42. The Kier molecular flexibility index (Phi) is 7.00. The van der Waals surface area contributed by atoms with Crippen molar-refractivity contribution in [2.45, 2.75) is 79.1 Å². The number of hydrogen-bond acceptors (Lipinski definition) is 0. The molecule has 0 spiro atoms. The van der Waals surface area contributed by atoms with Crippen LogP contribution in [0.1, 0.15) is 101 Å². The highest BCUT2D eigenvalue weighted by atomic mass is 14.2. The molecule has 7 aromatic carbocycles. The molecule has 0 N–H and O–H groups in total. The molecule has 0 atom stereocenters. The van der Waals surface area contributed by atoms with Crippen LogP contribution in [0.15, 0.2) is 97.1 Å². The molecule has 0 nitrogen and oxygen atoms in total. The first kappa shape index (κ1) is 28.6. The Morgan fingerprint density at radius 3 is 0.977 bits per heavy atom. The Morgan fingerprint density at radius 2 is 0.659 bits per heavy atom. The molecule has 0 heteroatoms. The first-order valence-electron chi connectivity index (χ1n) is 16.6. The van der Waals surface area contributed by atoms with E-state index >= 15 is 0 Å². The summed E-state index contributed by atoms with van der Waals surface area (Å²) in [5, 5.41) is 10.8. The molecular weight excluding hydrogens is 528 g/mol. The molecule has 0 aliphatic rings. The molecule has 0 bridgehead atoms. The van der Waals surface area contributed by atoms with Gasteiger partial charge in [-0.2, -0.15) is 0 Å². The monoisotopic (exact) mass is 572 g/mol. The third-order valence-electron chi connectivity index (χ3n) is 9.86. The van der Waals surface area contributed by atoms with Crippen LogP contribution in [0, 0.1) is 0 Å². The van der Waals surface area contributed by atoms with Crippen LogP contribution in [-0.4, -0.2) is 0 Å². The van der Waals surface area contributed by atoms with E-state index in [2.05, 4.69) is 152 Å². The van der Waals surface area contributed by atoms with Gasteiger partial charge in [0.1, 0.15) is 0 Å². The van der Waals surface area contributed by atoms with E-state index in [4.69, 9.17) is 0 Å². The second kappa shape index (κ2) is 10.8. The van der Waals surface area contributed by atoms with Crippen LogP contribution < -0.4 is 0 Å². The van der Waals surface area contributed by atoms with Crippen molar-refractivity contribution in [1.82, 2.24) is 0 Å². The minimum absolute atomic E-state index is 0.453. The van der Waals surface area contributed by atoms with Gasteiger partial charge in [0.25, 0.3) is 0 Å². The van der Waals surface area contributed by atoms with Crippen LogP contribution in [-0.2, 0) is 0 Å². The Morgan fingerprint density at radius 1 is 0.341 bits per heavy atom. The van der Waals surface area contributed by atoms with Crippen molar-refractivity contribution in [2.24, 2.45) is 0 Å². The molecule has 0 aromatic heterocycles. The van der Waals surface area contributed by atoms with Crippen LogP contribution in [0.4, 0.5) is 0 Å². The second-order valence-corrected chi connectivity index (χ2v) is 14.1. The van der Waals surface area contributed by atoms with Crippen molar-refractivity contribution in [3.05, 3.63) is 119 Å². The van der Waals surface area contributed by atoms with E-state index in [1.807, 2.05) is 0 Å². The van der Waals surface area contributed by atoms with Crippen LogP contribution in [0.25, 0.3) is 65.3 Å². The largest absolute Gasteiger partial charge is 0.0617 e. The fraction of sp³-hybridized carbons (Fsp3) is 0.273. The highest BCUT2D eigenvalue weighted by Gasteiger charge is 2.21.